The van der Waals surface area contributed by atoms with Crippen LogP contribution in [0.1, 0.15) is 11.1 Å². The molecule has 2 aromatic carbocycles. The fourth-order valence-corrected chi connectivity index (χ4v) is 6.01. The number of nitrogens with two attached hydrogens (primary N) is 1. The molecule has 0 unspecified atom stereocenters. The lowest BCUT2D eigenvalue weighted by Gasteiger charge is -2.32. The number of non-ortho nitro benzene ring substituents is 1. The van der Waals surface area contributed by atoms with Crippen molar-refractivity contribution in [2.75, 3.05) is 108 Å². The van der Waals surface area contributed by atoms with Gasteiger partial charge in [-0.05, 0) is 62.3 Å². The maximum Gasteiger partial charge on any atom is 0.269 e. The van der Waals surface area contributed by atoms with Crippen LogP contribution < -0.4 is 15.5 Å². The molecule has 6 rings (SSSR count). The number of carbonyl (C=O) groups is 2. The van der Waals surface area contributed by atoms with Gasteiger partial charge in [0.15, 0.2) is 0 Å². The number of fused-ring (bicyclic) bond motifs is 2. The molecule has 2 saturated heterocycles. The number of nitrogens with zero attached hydrogens (tertiary/aromatic N) is 7. The first-order chi connectivity index (χ1) is 20.2. The molecule has 0 spiro atoms. The van der Waals surface area contributed by atoms with E-state index in [4.69, 9.17) is 5.73 Å². The minimum Gasteiger partial charge on any atom is -0.399 e. The lowest BCUT2D eigenvalue weighted by atomic mass is 10.1. The van der Waals surface area contributed by atoms with Gasteiger partial charge in [-0.25, -0.2) is 0 Å². The van der Waals surface area contributed by atoms with E-state index in [0.29, 0.717) is 26.1 Å². The number of amides is 2. The molecule has 2 aromatic rings. The summed E-state index contributed by atoms with van der Waals surface area (Å²) in [5.41, 5.74) is 10.6. The van der Waals surface area contributed by atoms with E-state index in [2.05, 4.69) is 33.7 Å². The van der Waals surface area contributed by atoms with Crippen molar-refractivity contribution in [3.8, 4) is 0 Å². The molecule has 0 atom stereocenters. The Morgan fingerprint density at radius 2 is 1.17 bits per heavy atom. The Morgan fingerprint density at radius 3 is 1.64 bits per heavy atom. The number of nitrogen functional groups attached to an aromatic ring is 1. The minimum atomic E-state index is -0.394. The number of piperazine rings is 2. The Kier molecular flexibility index (Phi) is 9.37. The van der Waals surface area contributed by atoms with Crippen molar-refractivity contribution >= 4 is 34.6 Å². The van der Waals surface area contributed by atoms with Crippen molar-refractivity contribution in [1.82, 2.24) is 19.6 Å². The highest BCUT2D eigenvalue weighted by atomic mass is 16.6. The first kappa shape index (κ1) is 29.9. The minimum absolute atomic E-state index is 0.0807. The molecular weight excluding hydrogens is 536 g/mol. The van der Waals surface area contributed by atoms with Crippen LogP contribution in [0.3, 0.4) is 0 Å². The quantitative estimate of drug-likeness (QED) is 0.316. The van der Waals surface area contributed by atoms with Crippen LogP contribution in [0.5, 0.6) is 0 Å². The molecule has 12 heteroatoms. The van der Waals surface area contributed by atoms with Crippen molar-refractivity contribution in [3.63, 3.8) is 0 Å². The zero-order valence-electron chi connectivity index (χ0n) is 24.7. The van der Waals surface area contributed by atoms with Gasteiger partial charge < -0.3 is 25.3 Å². The fraction of sp³-hybridized carbons (Fsp3) is 0.533. The predicted octanol–water partition coefficient (Wildman–Crippen LogP) is 1.14. The van der Waals surface area contributed by atoms with E-state index in [0.717, 1.165) is 87.9 Å². The van der Waals surface area contributed by atoms with E-state index in [-0.39, 0.29) is 17.5 Å². The molecule has 0 saturated carbocycles. The van der Waals surface area contributed by atoms with Crippen LogP contribution in [-0.2, 0) is 22.4 Å². The lowest BCUT2D eigenvalue weighted by Crippen LogP contribution is -2.48. The summed E-state index contributed by atoms with van der Waals surface area (Å²) in [6.07, 6.45) is 1.60. The van der Waals surface area contributed by atoms with Crippen molar-refractivity contribution < 1.29 is 14.5 Å². The number of hydrogen-bond acceptors (Lipinski definition) is 9. The highest BCUT2D eigenvalue weighted by Gasteiger charge is 2.29. The molecule has 4 aliphatic heterocycles. The average Bonchev–Trinajstić information content (AvgIpc) is 3.59. The molecular formula is C30H42N8O4. The van der Waals surface area contributed by atoms with Crippen molar-refractivity contribution in [2.24, 2.45) is 0 Å². The Bertz CT molecular complexity index is 1300. The summed E-state index contributed by atoms with van der Waals surface area (Å²) in [5.74, 6) is 0.287. The number of anilines is 3. The predicted molar refractivity (Wildman–Crippen MR) is 164 cm³/mol. The third-order valence-electron chi connectivity index (χ3n) is 8.68. The van der Waals surface area contributed by atoms with Crippen molar-refractivity contribution in [2.45, 2.75) is 12.8 Å². The molecule has 0 bridgehead atoms. The molecule has 0 aliphatic carbocycles. The van der Waals surface area contributed by atoms with Gasteiger partial charge in [0.2, 0.25) is 11.8 Å². The summed E-state index contributed by atoms with van der Waals surface area (Å²) in [4.78, 5) is 48.1. The van der Waals surface area contributed by atoms with Crippen LogP contribution in [0.4, 0.5) is 22.7 Å². The number of hydrogen-bond donors (Lipinski definition) is 1. The smallest absolute Gasteiger partial charge is 0.269 e. The summed E-state index contributed by atoms with van der Waals surface area (Å²) < 4.78 is 0. The third-order valence-corrected chi connectivity index (χ3v) is 8.68. The van der Waals surface area contributed by atoms with Gasteiger partial charge in [0.05, 0.1) is 18.0 Å². The van der Waals surface area contributed by atoms with Gasteiger partial charge >= 0.3 is 0 Å². The SMILES string of the molecule is CN1CCN(CC(=O)N2CCc3cc(N)ccc32)CC1.CN1CCN(CC(=O)N2CCc3cc([N+](=O)[O-])ccc32)CC1. The summed E-state index contributed by atoms with van der Waals surface area (Å²) >= 11 is 0. The molecule has 226 valence electrons. The topological polar surface area (TPSA) is 123 Å². The standard InChI is InChI=1S/C15H20N4O3.C15H22N4O/c1-16-6-8-17(9-7-16)11-15(20)18-5-4-12-10-13(19(21)22)2-3-14(12)18;1-17-6-8-18(9-7-17)11-15(20)19-5-4-12-10-13(16)2-3-14(12)19/h2-3,10H,4-9,11H2,1H3;2-3,10H,4-9,11,16H2,1H3. The Balaban J connectivity index is 0.000000169. The second-order valence-corrected chi connectivity index (χ2v) is 11.7. The molecule has 2 fully saturated rings. The Morgan fingerprint density at radius 1 is 0.714 bits per heavy atom. The highest BCUT2D eigenvalue weighted by molar-refractivity contribution is 5.97. The second-order valence-electron chi connectivity index (χ2n) is 11.7. The number of likely N-dealkylation sites (N-methyl/N-ethyl adjacent to an activating group) is 2. The summed E-state index contributed by atoms with van der Waals surface area (Å²) in [7, 11) is 4.21. The fourth-order valence-electron chi connectivity index (χ4n) is 6.01. The van der Waals surface area contributed by atoms with Crippen LogP contribution in [0.15, 0.2) is 36.4 Å². The van der Waals surface area contributed by atoms with E-state index in [9.17, 15) is 19.7 Å². The number of carbonyl (C=O) groups excluding carboxylic acids is 2. The van der Waals surface area contributed by atoms with E-state index >= 15 is 0 Å². The van der Waals surface area contributed by atoms with Crippen LogP contribution in [0, 0.1) is 10.1 Å². The van der Waals surface area contributed by atoms with E-state index in [1.54, 1.807) is 17.0 Å². The largest absolute Gasteiger partial charge is 0.399 e. The molecule has 2 N–H and O–H groups in total. The van der Waals surface area contributed by atoms with Gasteiger partial charge in [-0.2, -0.15) is 0 Å². The number of rotatable bonds is 5. The van der Waals surface area contributed by atoms with Gasteiger partial charge in [-0.15, -0.1) is 0 Å². The van der Waals surface area contributed by atoms with Crippen LogP contribution in [-0.4, -0.2) is 129 Å². The van der Waals surface area contributed by atoms with Gasteiger partial charge in [0.1, 0.15) is 0 Å². The van der Waals surface area contributed by atoms with Gasteiger partial charge in [0, 0.05) is 94.6 Å². The monoisotopic (exact) mass is 578 g/mol. The second kappa shape index (κ2) is 13.2. The summed E-state index contributed by atoms with van der Waals surface area (Å²) in [6, 6.07) is 10.6. The zero-order chi connectivity index (χ0) is 29.8. The van der Waals surface area contributed by atoms with Crippen molar-refractivity contribution in [1.29, 1.82) is 0 Å². The van der Waals surface area contributed by atoms with E-state index in [1.165, 1.54) is 11.6 Å². The molecule has 4 aliphatic rings. The van der Waals surface area contributed by atoms with Crippen LogP contribution >= 0.6 is 0 Å². The number of nitro groups is 1. The van der Waals surface area contributed by atoms with Gasteiger partial charge in [0.25, 0.3) is 5.69 Å². The normalized spacial score (nSPS) is 19.7. The zero-order valence-corrected chi connectivity index (χ0v) is 24.7. The van der Waals surface area contributed by atoms with Gasteiger partial charge in [-0.3, -0.25) is 29.5 Å². The molecule has 42 heavy (non-hydrogen) atoms. The highest BCUT2D eigenvalue weighted by Crippen LogP contribution is 2.32. The first-order valence-corrected chi connectivity index (χ1v) is 14.8. The maximum atomic E-state index is 12.5. The molecule has 4 heterocycles. The summed E-state index contributed by atoms with van der Waals surface area (Å²) in [6.45, 7) is 10.2. The maximum absolute atomic E-state index is 12.5. The van der Waals surface area contributed by atoms with Crippen LogP contribution in [0.2, 0.25) is 0 Å². The van der Waals surface area contributed by atoms with Crippen molar-refractivity contribution in [3.05, 3.63) is 57.6 Å². The molecule has 12 nitrogen and oxygen atoms in total. The third kappa shape index (κ3) is 7.06. The molecule has 0 radical (unpaired) electrons. The van der Waals surface area contributed by atoms with E-state index in [1.807, 2.05) is 23.1 Å². The average molecular weight is 579 g/mol. The first-order valence-electron chi connectivity index (χ1n) is 14.8. The number of benzene rings is 2. The van der Waals surface area contributed by atoms with Gasteiger partial charge in [-0.1, -0.05) is 0 Å². The lowest BCUT2D eigenvalue weighted by molar-refractivity contribution is -0.384. The Hall–Kier alpha value is -3.58. The summed E-state index contributed by atoms with van der Waals surface area (Å²) in [5, 5.41) is 10.8. The molecule has 2 amide bonds. The number of nitro benzene ring substituents is 1. The van der Waals surface area contributed by atoms with Crippen LogP contribution in [0.25, 0.3) is 0 Å². The Labute approximate surface area is 247 Å². The molecule has 0 aromatic heterocycles. The van der Waals surface area contributed by atoms with E-state index < -0.39 is 4.92 Å².